The summed E-state index contributed by atoms with van der Waals surface area (Å²) >= 11 is 0. The zero-order chi connectivity index (χ0) is 16.9. The molecule has 0 saturated heterocycles. The van der Waals surface area contributed by atoms with Gasteiger partial charge in [0.2, 0.25) is 0 Å². The van der Waals surface area contributed by atoms with Crippen molar-refractivity contribution in [1.29, 1.82) is 0 Å². The van der Waals surface area contributed by atoms with E-state index in [1.54, 1.807) is 0 Å². The molecule has 0 amide bonds. The lowest BCUT2D eigenvalue weighted by molar-refractivity contribution is 0.270. The fraction of sp³-hybridized carbons (Fsp3) is 0.273. The van der Waals surface area contributed by atoms with E-state index in [0.29, 0.717) is 5.75 Å². The molecular weight excluding hydrogens is 294 g/mol. The van der Waals surface area contributed by atoms with E-state index in [1.165, 1.54) is 5.56 Å². The molecule has 1 atom stereocenters. The Morgan fingerprint density at radius 2 is 1.62 bits per heavy atom. The minimum absolute atomic E-state index is 0.0452. The van der Waals surface area contributed by atoms with Crippen LogP contribution in [0.1, 0.15) is 36.9 Å². The predicted octanol–water partition coefficient (Wildman–Crippen LogP) is 5.37. The molecule has 0 aliphatic carbocycles. The van der Waals surface area contributed by atoms with Gasteiger partial charge in [0.05, 0.1) is 6.04 Å². The largest absolute Gasteiger partial charge is 0.508 e. The second-order valence-corrected chi connectivity index (χ2v) is 6.37. The summed E-state index contributed by atoms with van der Waals surface area (Å²) in [6.07, 6.45) is 2.30. The Hall–Kier alpha value is -2.32. The molecule has 3 aromatic rings. The first-order chi connectivity index (χ1) is 11.7. The second-order valence-electron chi connectivity index (χ2n) is 6.37. The maximum absolute atomic E-state index is 10.7. The van der Waals surface area contributed by atoms with E-state index in [2.05, 4.69) is 55.3 Å². The summed E-state index contributed by atoms with van der Waals surface area (Å²) in [5.74, 6) is 0.367. The molecule has 0 radical (unpaired) electrons. The Bertz CT molecular complexity index is 797. The van der Waals surface area contributed by atoms with Crippen LogP contribution in [0, 0.1) is 0 Å². The van der Waals surface area contributed by atoms with Gasteiger partial charge in [-0.3, -0.25) is 4.90 Å². The lowest BCUT2D eigenvalue weighted by Gasteiger charge is -2.30. The molecule has 0 aromatic heterocycles. The van der Waals surface area contributed by atoms with E-state index in [-0.39, 0.29) is 6.04 Å². The molecule has 2 nitrogen and oxygen atoms in total. The normalized spacial score (nSPS) is 12.6. The Kier molecular flexibility index (Phi) is 5.17. The Labute approximate surface area is 144 Å². The number of aromatic hydroxyl groups is 1. The number of phenols is 1. The van der Waals surface area contributed by atoms with Gasteiger partial charge in [-0.2, -0.15) is 0 Å². The molecule has 0 spiro atoms. The molecule has 3 aromatic carbocycles. The molecule has 0 fully saturated rings. The highest BCUT2D eigenvalue weighted by molar-refractivity contribution is 5.88. The van der Waals surface area contributed by atoms with Gasteiger partial charge in [0.25, 0.3) is 0 Å². The van der Waals surface area contributed by atoms with Gasteiger partial charge in [-0.1, -0.05) is 74.0 Å². The van der Waals surface area contributed by atoms with Crippen LogP contribution in [0.2, 0.25) is 0 Å². The van der Waals surface area contributed by atoms with Gasteiger partial charge >= 0.3 is 0 Å². The molecule has 124 valence electrons. The minimum Gasteiger partial charge on any atom is -0.508 e. The van der Waals surface area contributed by atoms with Crippen molar-refractivity contribution in [3.05, 3.63) is 77.9 Å². The minimum atomic E-state index is 0.0452. The third-order valence-electron chi connectivity index (χ3n) is 4.64. The van der Waals surface area contributed by atoms with Gasteiger partial charge in [0.1, 0.15) is 5.75 Å². The predicted molar refractivity (Wildman–Crippen MR) is 101 cm³/mol. The summed E-state index contributed by atoms with van der Waals surface area (Å²) in [6, 6.07) is 22.6. The van der Waals surface area contributed by atoms with Gasteiger partial charge in [-0.05, 0) is 42.4 Å². The SMILES string of the molecule is CCCCN(C)[C@@H](c1ccccc1)c1c(O)ccc2ccccc12. The van der Waals surface area contributed by atoms with E-state index in [0.717, 1.165) is 35.7 Å². The van der Waals surface area contributed by atoms with Crippen molar-refractivity contribution >= 4 is 10.8 Å². The topological polar surface area (TPSA) is 23.5 Å². The third-order valence-corrected chi connectivity index (χ3v) is 4.64. The average molecular weight is 319 g/mol. The smallest absolute Gasteiger partial charge is 0.121 e. The molecule has 0 aliphatic heterocycles. The number of hydrogen-bond acceptors (Lipinski definition) is 2. The van der Waals surface area contributed by atoms with Gasteiger partial charge in [0.15, 0.2) is 0 Å². The summed E-state index contributed by atoms with van der Waals surface area (Å²) in [7, 11) is 2.15. The van der Waals surface area contributed by atoms with Crippen molar-refractivity contribution in [3.63, 3.8) is 0 Å². The van der Waals surface area contributed by atoms with Crippen molar-refractivity contribution in [1.82, 2.24) is 4.90 Å². The molecule has 0 heterocycles. The highest BCUT2D eigenvalue weighted by Gasteiger charge is 2.24. The van der Waals surface area contributed by atoms with Gasteiger partial charge in [0, 0.05) is 5.56 Å². The number of phenolic OH excluding ortho intramolecular Hbond substituents is 1. The Balaban J connectivity index is 2.17. The van der Waals surface area contributed by atoms with Crippen LogP contribution in [0.4, 0.5) is 0 Å². The first-order valence-corrected chi connectivity index (χ1v) is 8.68. The average Bonchev–Trinajstić information content (AvgIpc) is 2.63. The number of unbranched alkanes of at least 4 members (excludes halogenated alkanes) is 1. The molecule has 0 saturated carbocycles. The Morgan fingerprint density at radius 3 is 2.38 bits per heavy atom. The van der Waals surface area contributed by atoms with Gasteiger partial charge in [-0.25, -0.2) is 0 Å². The lowest BCUT2D eigenvalue weighted by atomic mass is 9.91. The van der Waals surface area contributed by atoms with Crippen LogP contribution in [0.3, 0.4) is 0 Å². The third kappa shape index (κ3) is 3.29. The highest BCUT2D eigenvalue weighted by Crippen LogP contribution is 2.38. The zero-order valence-corrected chi connectivity index (χ0v) is 14.4. The lowest BCUT2D eigenvalue weighted by Crippen LogP contribution is -2.27. The summed E-state index contributed by atoms with van der Waals surface area (Å²) in [5.41, 5.74) is 2.21. The highest BCUT2D eigenvalue weighted by atomic mass is 16.3. The van der Waals surface area contributed by atoms with Crippen molar-refractivity contribution in [2.24, 2.45) is 0 Å². The van der Waals surface area contributed by atoms with E-state index < -0.39 is 0 Å². The van der Waals surface area contributed by atoms with E-state index in [9.17, 15) is 5.11 Å². The van der Waals surface area contributed by atoms with E-state index in [1.807, 2.05) is 30.3 Å². The number of nitrogens with zero attached hydrogens (tertiary/aromatic N) is 1. The van der Waals surface area contributed by atoms with Crippen LogP contribution in [0.15, 0.2) is 66.7 Å². The fourth-order valence-electron chi connectivity index (χ4n) is 3.38. The molecule has 2 heteroatoms. The van der Waals surface area contributed by atoms with Gasteiger partial charge < -0.3 is 5.11 Å². The second kappa shape index (κ2) is 7.50. The number of benzene rings is 3. The fourth-order valence-corrected chi connectivity index (χ4v) is 3.38. The van der Waals surface area contributed by atoms with Crippen molar-refractivity contribution in [2.45, 2.75) is 25.8 Å². The van der Waals surface area contributed by atoms with Crippen LogP contribution >= 0.6 is 0 Å². The van der Waals surface area contributed by atoms with Crippen LogP contribution in [-0.4, -0.2) is 23.6 Å². The quantitative estimate of drug-likeness (QED) is 0.660. The van der Waals surface area contributed by atoms with Crippen molar-refractivity contribution in [3.8, 4) is 5.75 Å². The molecule has 0 bridgehead atoms. The van der Waals surface area contributed by atoms with Crippen LogP contribution in [0.5, 0.6) is 5.75 Å². The molecule has 24 heavy (non-hydrogen) atoms. The molecule has 0 unspecified atom stereocenters. The zero-order valence-electron chi connectivity index (χ0n) is 14.4. The van der Waals surface area contributed by atoms with Crippen LogP contribution in [0.25, 0.3) is 10.8 Å². The molecule has 3 rings (SSSR count). The first kappa shape index (κ1) is 16.5. The Morgan fingerprint density at radius 1 is 0.917 bits per heavy atom. The standard InChI is InChI=1S/C22H25NO/c1-3-4-16-23(2)22(18-11-6-5-7-12-18)21-19-13-9-8-10-17(19)14-15-20(21)24/h5-15,22,24H,3-4,16H2,1-2H3/t22-/m0/s1. The number of fused-ring (bicyclic) bond motifs is 1. The molecule has 1 N–H and O–H groups in total. The molecular formula is C22H25NO. The monoisotopic (exact) mass is 319 g/mol. The van der Waals surface area contributed by atoms with Gasteiger partial charge in [-0.15, -0.1) is 0 Å². The summed E-state index contributed by atoms with van der Waals surface area (Å²) in [5, 5.41) is 13.0. The van der Waals surface area contributed by atoms with Crippen molar-refractivity contribution < 1.29 is 5.11 Å². The number of hydrogen-bond donors (Lipinski definition) is 1. The van der Waals surface area contributed by atoms with E-state index in [4.69, 9.17) is 0 Å². The first-order valence-electron chi connectivity index (χ1n) is 8.68. The van der Waals surface area contributed by atoms with Crippen LogP contribution in [-0.2, 0) is 0 Å². The van der Waals surface area contributed by atoms with E-state index >= 15 is 0 Å². The number of rotatable bonds is 6. The maximum atomic E-state index is 10.7. The molecule has 0 aliphatic rings. The maximum Gasteiger partial charge on any atom is 0.121 e. The summed E-state index contributed by atoms with van der Waals surface area (Å²) in [4.78, 5) is 2.35. The summed E-state index contributed by atoms with van der Waals surface area (Å²) < 4.78 is 0. The van der Waals surface area contributed by atoms with Crippen LogP contribution < -0.4 is 0 Å². The van der Waals surface area contributed by atoms with Crippen molar-refractivity contribution in [2.75, 3.05) is 13.6 Å². The summed E-state index contributed by atoms with van der Waals surface area (Å²) in [6.45, 7) is 3.21.